The molecule has 8 nitrogen and oxygen atoms in total. The molecule has 0 aromatic heterocycles. The normalized spacial score (nSPS) is 10.4. The van der Waals surface area contributed by atoms with Gasteiger partial charge in [-0.1, -0.05) is 0 Å². The molecule has 0 saturated carbocycles. The van der Waals surface area contributed by atoms with Gasteiger partial charge in [-0.25, -0.2) is 19.2 Å². The number of hydrogen-bond donors (Lipinski definition) is 2. The van der Waals surface area contributed by atoms with Crippen LogP contribution in [0.4, 0.5) is 0 Å². The highest BCUT2D eigenvalue weighted by molar-refractivity contribution is 6.22. The number of aromatic carboxylic acids is 2. The first-order valence-electron chi connectivity index (χ1n) is 7.73. The molecule has 2 aromatic rings. The molecule has 0 unspecified atom stereocenters. The van der Waals surface area contributed by atoms with Gasteiger partial charge in [0.2, 0.25) is 0 Å². The summed E-state index contributed by atoms with van der Waals surface area (Å²) in [6.07, 6.45) is 0. The van der Waals surface area contributed by atoms with E-state index in [9.17, 15) is 29.4 Å². The Kier molecular flexibility index (Phi) is 5.56. The largest absolute Gasteiger partial charge is 0.478 e. The average Bonchev–Trinajstić information content (AvgIpc) is 2.59. The maximum atomic E-state index is 12.2. The number of carbonyl (C=O) groups excluding carboxylic acids is 2. The lowest BCUT2D eigenvalue weighted by Crippen LogP contribution is -2.14. The van der Waals surface area contributed by atoms with Crippen LogP contribution in [0.3, 0.4) is 0 Å². The zero-order valence-electron chi connectivity index (χ0n) is 14.1. The molecule has 0 atom stereocenters. The summed E-state index contributed by atoms with van der Waals surface area (Å²) in [6, 6.07) is 4.60. The third kappa shape index (κ3) is 3.34. The molecule has 8 heteroatoms. The smallest absolute Gasteiger partial charge is 0.338 e. The van der Waals surface area contributed by atoms with Gasteiger partial charge < -0.3 is 19.7 Å². The number of carboxylic acids is 2. The molecule has 0 aliphatic heterocycles. The average molecular weight is 360 g/mol. The first kappa shape index (κ1) is 18.9. The fourth-order valence-electron chi connectivity index (χ4n) is 2.61. The van der Waals surface area contributed by atoms with E-state index in [-0.39, 0.29) is 46.2 Å². The van der Waals surface area contributed by atoms with Crippen LogP contribution in [0.5, 0.6) is 0 Å². The molecule has 2 aromatic carbocycles. The van der Waals surface area contributed by atoms with Gasteiger partial charge in [0, 0.05) is 10.8 Å². The van der Waals surface area contributed by atoms with Crippen molar-refractivity contribution in [2.75, 3.05) is 13.2 Å². The Morgan fingerprint density at radius 2 is 1.00 bits per heavy atom. The highest BCUT2D eigenvalue weighted by Gasteiger charge is 2.26. The van der Waals surface area contributed by atoms with Gasteiger partial charge >= 0.3 is 23.9 Å². The summed E-state index contributed by atoms with van der Waals surface area (Å²) in [4.78, 5) is 47.7. The van der Waals surface area contributed by atoms with Gasteiger partial charge in [0.25, 0.3) is 0 Å². The minimum Gasteiger partial charge on any atom is -0.478 e. The van der Waals surface area contributed by atoms with Crippen LogP contribution >= 0.6 is 0 Å². The lowest BCUT2D eigenvalue weighted by molar-refractivity contribution is 0.0516. The third-order valence-corrected chi connectivity index (χ3v) is 3.61. The predicted molar refractivity (Wildman–Crippen MR) is 89.8 cm³/mol. The maximum absolute atomic E-state index is 12.2. The van der Waals surface area contributed by atoms with Gasteiger partial charge in [-0.2, -0.15) is 0 Å². The fourth-order valence-corrected chi connectivity index (χ4v) is 2.61. The number of ether oxygens (including phenoxy) is 2. The summed E-state index contributed by atoms with van der Waals surface area (Å²) in [5, 5.41) is 18.6. The monoisotopic (exact) mass is 360 g/mol. The number of hydrogen-bond acceptors (Lipinski definition) is 6. The van der Waals surface area contributed by atoms with Crippen LogP contribution in [0, 0.1) is 0 Å². The highest BCUT2D eigenvalue weighted by atomic mass is 16.5. The lowest BCUT2D eigenvalue weighted by Gasteiger charge is -2.14. The second-order valence-electron chi connectivity index (χ2n) is 5.12. The minimum atomic E-state index is -1.38. The first-order valence-corrected chi connectivity index (χ1v) is 7.73. The number of carbonyl (C=O) groups is 4. The van der Waals surface area contributed by atoms with Crippen molar-refractivity contribution in [3.05, 3.63) is 46.5 Å². The summed E-state index contributed by atoms with van der Waals surface area (Å²) in [5.74, 6) is -4.40. The van der Waals surface area contributed by atoms with E-state index in [0.717, 1.165) is 12.1 Å². The van der Waals surface area contributed by atoms with Crippen molar-refractivity contribution in [2.45, 2.75) is 13.8 Å². The van der Waals surface area contributed by atoms with E-state index >= 15 is 0 Å². The van der Waals surface area contributed by atoms with Crippen LogP contribution < -0.4 is 0 Å². The number of esters is 2. The van der Waals surface area contributed by atoms with Crippen LogP contribution in [0.1, 0.15) is 55.3 Å². The van der Waals surface area contributed by atoms with Crippen molar-refractivity contribution in [1.82, 2.24) is 0 Å². The van der Waals surface area contributed by atoms with Crippen LogP contribution in [0.2, 0.25) is 0 Å². The molecule has 0 bridgehead atoms. The van der Waals surface area contributed by atoms with Gasteiger partial charge in [-0.3, -0.25) is 0 Å². The number of rotatable bonds is 6. The molecule has 0 aliphatic rings. The van der Waals surface area contributed by atoms with E-state index in [2.05, 4.69) is 0 Å². The molecule has 2 N–H and O–H groups in total. The van der Waals surface area contributed by atoms with Crippen molar-refractivity contribution >= 4 is 34.6 Å². The number of benzene rings is 2. The summed E-state index contributed by atoms with van der Waals surface area (Å²) >= 11 is 0. The van der Waals surface area contributed by atoms with E-state index in [0.29, 0.717) is 0 Å². The van der Waals surface area contributed by atoms with E-state index < -0.39 is 23.9 Å². The second-order valence-corrected chi connectivity index (χ2v) is 5.12. The van der Waals surface area contributed by atoms with Crippen LogP contribution in [-0.4, -0.2) is 47.3 Å². The zero-order chi connectivity index (χ0) is 19.4. The molecule has 0 spiro atoms. The summed E-state index contributed by atoms with van der Waals surface area (Å²) in [6.45, 7) is 3.24. The van der Waals surface area contributed by atoms with E-state index in [1.54, 1.807) is 13.8 Å². The predicted octanol–water partition coefficient (Wildman–Crippen LogP) is 2.59. The highest BCUT2D eigenvalue weighted by Crippen LogP contribution is 2.31. The Morgan fingerprint density at radius 1 is 0.692 bits per heavy atom. The Balaban J connectivity index is 3.01. The quantitative estimate of drug-likeness (QED) is 0.753. The Bertz CT molecular complexity index is 838. The zero-order valence-corrected chi connectivity index (χ0v) is 14.1. The van der Waals surface area contributed by atoms with Crippen LogP contribution in [0.15, 0.2) is 24.3 Å². The van der Waals surface area contributed by atoms with Crippen molar-refractivity contribution < 1.29 is 38.9 Å². The number of fused-ring (bicyclic) bond motifs is 1. The van der Waals surface area contributed by atoms with Gasteiger partial charge in [-0.15, -0.1) is 0 Å². The van der Waals surface area contributed by atoms with Crippen molar-refractivity contribution in [3.63, 3.8) is 0 Å². The summed E-state index contributed by atoms with van der Waals surface area (Å²) < 4.78 is 9.85. The van der Waals surface area contributed by atoms with Crippen LogP contribution in [0.25, 0.3) is 10.8 Å². The minimum absolute atomic E-state index is 0.0426. The molecular formula is C18H16O8. The molecule has 0 saturated heterocycles. The Morgan fingerprint density at radius 3 is 1.27 bits per heavy atom. The SMILES string of the molecule is CCOC(=O)c1ccc(C(=O)O)c2c(C(=O)OCC)ccc(C(=O)O)c12. The van der Waals surface area contributed by atoms with E-state index in [4.69, 9.17) is 9.47 Å². The van der Waals surface area contributed by atoms with Crippen LogP contribution in [-0.2, 0) is 9.47 Å². The first-order chi connectivity index (χ1) is 12.3. The van der Waals surface area contributed by atoms with Gasteiger partial charge in [0.05, 0.1) is 35.5 Å². The molecule has 0 amide bonds. The maximum Gasteiger partial charge on any atom is 0.338 e. The summed E-state index contributed by atoms with van der Waals surface area (Å²) in [7, 11) is 0. The third-order valence-electron chi connectivity index (χ3n) is 3.61. The summed E-state index contributed by atoms with van der Waals surface area (Å²) in [5.41, 5.74) is -0.927. The molecule has 0 fully saturated rings. The lowest BCUT2D eigenvalue weighted by atomic mass is 9.91. The molecule has 0 aliphatic carbocycles. The molecule has 2 rings (SSSR count). The van der Waals surface area contributed by atoms with Gasteiger partial charge in [0.1, 0.15) is 0 Å². The molecular weight excluding hydrogens is 344 g/mol. The standard InChI is InChI=1S/C18H16O8/c1-3-25-17(23)11-7-5-10(16(21)22)14-12(18(24)26-4-2)8-6-9(13(11)14)15(19)20/h5-8H,3-4H2,1-2H3,(H,19,20)(H,21,22). The van der Waals surface area contributed by atoms with E-state index in [1.807, 2.05) is 0 Å². The molecule has 0 heterocycles. The molecule has 26 heavy (non-hydrogen) atoms. The fraction of sp³-hybridized carbons (Fsp3) is 0.222. The molecule has 0 radical (unpaired) electrons. The van der Waals surface area contributed by atoms with Crippen molar-refractivity contribution in [3.8, 4) is 0 Å². The van der Waals surface area contributed by atoms with Gasteiger partial charge in [0.15, 0.2) is 0 Å². The van der Waals surface area contributed by atoms with E-state index in [1.165, 1.54) is 12.1 Å². The van der Waals surface area contributed by atoms with Crippen molar-refractivity contribution in [1.29, 1.82) is 0 Å². The van der Waals surface area contributed by atoms with Gasteiger partial charge in [-0.05, 0) is 38.1 Å². The van der Waals surface area contributed by atoms with Crippen molar-refractivity contribution in [2.24, 2.45) is 0 Å². The Labute approximate surface area is 147 Å². The second kappa shape index (κ2) is 7.64. The topological polar surface area (TPSA) is 127 Å². The molecule has 136 valence electrons. The Hall–Kier alpha value is -3.42. The number of carboxylic acid groups (broad SMARTS) is 2.